The van der Waals surface area contributed by atoms with Crippen molar-refractivity contribution in [1.29, 1.82) is 0 Å². The molecule has 8 heteroatoms. The SMILES string of the molecule is CCCC(NC(=O)NCc1ccc(F)cc1)C(=O)NC(C)c1ccc(OCc2cccnc2)cc1. The lowest BCUT2D eigenvalue weighted by molar-refractivity contribution is -0.123. The Morgan fingerprint density at radius 3 is 2.40 bits per heavy atom. The van der Waals surface area contributed by atoms with E-state index in [0.717, 1.165) is 28.9 Å². The zero-order valence-electron chi connectivity index (χ0n) is 20.0. The maximum absolute atomic E-state index is 13.0. The van der Waals surface area contributed by atoms with Crippen LogP contribution < -0.4 is 20.7 Å². The van der Waals surface area contributed by atoms with Gasteiger partial charge in [0.1, 0.15) is 24.2 Å². The number of aromatic nitrogens is 1. The average Bonchev–Trinajstić information content (AvgIpc) is 2.87. The molecule has 0 aliphatic rings. The van der Waals surface area contributed by atoms with Gasteiger partial charge in [0.05, 0.1) is 6.04 Å². The largest absolute Gasteiger partial charge is 0.489 e. The first-order valence-electron chi connectivity index (χ1n) is 11.7. The average molecular weight is 479 g/mol. The van der Waals surface area contributed by atoms with E-state index in [1.165, 1.54) is 12.1 Å². The number of amides is 3. The molecule has 2 aromatic carbocycles. The molecule has 2 unspecified atom stereocenters. The van der Waals surface area contributed by atoms with Gasteiger partial charge in [0.2, 0.25) is 5.91 Å². The summed E-state index contributed by atoms with van der Waals surface area (Å²) in [4.78, 5) is 29.3. The highest BCUT2D eigenvalue weighted by molar-refractivity contribution is 5.87. The Bertz CT molecular complexity index is 1080. The van der Waals surface area contributed by atoms with E-state index in [9.17, 15) is 14.0 Å². The van der Waals surface area contributed by atoms with Crippen LogP contribution in [-0.4, -0.2) is 23.0 Å². The molecule has 0 spiro atoms. The van der Waals surface area contributed by atoms with E-state index in [-0.39, 0.29) is 24.3 Å². The van der Waals surface area contributed by atoms with Crippen molar-refractivity contribution in [2.75, 3.05) is 0 Å². The number of hydrogen-bond donors (Lipinski definition) is 3. The van der Waals surface area contributed by atoms with Crippen LogP contribution in [0.5, 0.6) is 5.75 Å². The Labute approximate surface area is 205 Å². The van der Waals surface area contributed by atoms with Gasteiger partial charge in [-0.25, -0.2) is 9.18 Å². The minimum absolute atomic E-state index is 0.234. The molecular formula is C27H31FN4O3. The number of nitrogens with one attached hydrogen (secondary N) is 3. The molecule has 0 bridgehead atoms. The Morgan fingerprint density at radius 2 is 1.74 bits per heavy atom. The zero-order chi connectivity index (χ0) is 25.0. The Hall–Kier alpha value is -3.94. The van der Waals surface area contributed by atoms with E-state index in [4.69, 9.17) is 4.74 Å². The van der Waals surface area contributed by atoms with Crippen molar-refractivity contribution in [2.24, 2.45) is 0 Å². The van der Waals surface area contributed by atoms with Crippen molar-refractivity contribution < 1.29 is 18.7 Å². The highest BCUT2D eigenvalue weighted by Crippen LogP contribution is 2.19. The van der Waals surface area contributed by atoms with Crippen LogP contribution in [0.1, 0.15) is 49.4 Å². The van der Waals surface area contributed by atoms with E-state index in [0.29, 0.717) is 13.0 Å². The highest BCUT2D eigenvalue weighted by atomic mass is 19.1. The van der Waals surface area contributed by atoms with Gasteiger partial charge < -0.3 is 20.7 Å². The summed E-state index contributed by atoms with van der Waals surface area (Å²) in [7, 11) is 0. The Balaban J connectivity index is 1.49. The predicted molar refractivity (Wildman–Crippen MR) is 132 cm³/mol. The molecule has 1 heterocycles. The quantitative estimate of drug-likeness (QED) is 0.374. The summed E-state index contributed by atoms with van der Waals surface area (Å²) in [5, 5.41) is 8.41. The molecule has 0 saturated heterocycles. The molecule has 0 fully saturated rings. The number of benzene rings is 2. The molecule has 0 saturated carbocycles. The lowest BCUT2D eigenvalue weighted by atomic mass is 10.1. The number of carbonyl (C=O) groups excluding carboxylic acids is 2. The lowest BCUT2D eigenvalue weighted by Gasteiger charge is -2.22. The van der Waals surface area contributed by atoms with E-state index < -0.39 is 12.1 Å². The molecular weight excluding hydrogens is 447 g/mol. The molecule has 7 nitrogen and oxygen atoms in total. The van der Waals surface area contributed by atoms with Crippen LogP contribution in [0.25, 0.3) is 0 Å². The summed E-state index contributed by atoms with van der Waals surface area (Å²) < 4.78 is 18.8. The van der Waals surface area contributed by atoms with E-state index in [1.54, 1.807) is 24.5 Å². The van der Waals surface area contributed by atoms with Gasteiger partial charge in [0.25, 0.3) is 0 Å². The smallest absolute Gasteiger partial charge is 0.315 e. The fraction of sp³-hybridized carbons (Fsp3) is 0.296. The first-order chi connectivity index (χ1) is 16.9. The first kappa shape index (κ1) is 25.7. The number of halogens is 1. The van der Waals surface area contributed by atoms with Gasteiger partial charge in [-0.3, -0.25) is 9.78 Å². The minimum Gasteiger partial charge on any atom is -0.489 e. The minimum atomic E-state index is -0.669. The second-order valence-electron chi connectivity index (χ2n) is 8.24. The summed E-state index contributed by atoms with van der Waals surface area (Å²) in [6, 6.07) is 15.8. The van der Waals surface area contributed by atoms with Crippen LogP contribution in [0.3, 0.4) is 0 Å². The van der Waals surface area contributed by atoms with Gasteiger partial charge in [-0.2, -0.15) is 0 Å². The molecule has 2 atom stereocenters. The molecule has 0 aliphatic heterocycles. The van der Waals surface area contributed by atoms with Gasteiger partial charge in [0.15, 0.2) is 0 Å². The van der Waals surface area contributed by atoms with Crippen LogP contribution in [-0.2, 0) is 17.9 Å². The van der Waals surface area contributed by atoms with Crippen molar-refractivity contribution in [2.45, 2.75) is 51.9 Å². The van der Waals surface area contributed by atoms with Crippen molar-refractivity contribution in [3.63, 3.8) is 0 Å². The topological polar surface area (TPSA) is 92.4 Å². The normalized spacial score (nSPS) is 12.3. The number of urea groups is 1. The fourth-order valence-corrected chi connectivity index (χ4v) is 3.45. The molecule has 3 aromatic rings. The summed E-state index contributed by atoms with van der Waals surface area (Å²) in [5.74, 6) is 0.131. The number of ether oxygens (including phenoxy) is 1. The lowest BCUT2D eigenvalue weighted by Crippen LogP contribution is -2.50. The zero-order valence-corrected chi connectivity index (χ0v) is 20.0. The molecule has 3 N–H and O–H groups in total. The van der Waals surface area contributed by atoms with Gasteiger partial charge in [-0.15, -0.1) is 0 Å². The van der Waals surface area contributed by atoms with Crippen molar-refractivity contribution in [1.82, 2.24) is 20.9 Å². The van der Waals surface area contributed by atoms with E-state index in [1.807, 2.05) is 50.2 Å². The number of carbonyl (C=O) groups is 2. The number of pyridine rings is 1. The van der Waals surface area contributed by atoms with E-state index >= 15 is 0 Å². The number of hydrogen-bond acceptors (Lipinski definition) is 4. The summed E-state index contributed by atoms with van der Waals surface area (Å²) in [5.41, 5.74) is 2.66. The van der Waals surface area contributed by atoms with Crippen molar-refractivity contribution >= 4 is 11.9 Å². The number of rotatable bonds is 11. The maximum Gasteiger partial charge on any atom is 0.315 e. The second-order valence-corrected chi connectivity index (χ2v) is 8.24. The third kappa shape index (κ3) is 8.41. The third-order valence-corrected chi connectivity index (χ3v) is 5.43. The molecule has 0 aliphatic carbocycles. The summed E-state index contributed by atoms with van der Waals surface area (Å²) >= 11 is 0. The molecule has 3 rings (SSSR count). The molecule has 0 radical (unpaired) electrons. The van der Waals surface area contributed by atoms with Gasteiger partial charge >= 0.3 is 6.03 Å². The van der Waals surface area contributed by atoms with Gasteiger partial charge in [-0.05, 0) is 54.8 Å². The monoisotopic (exact) mass is 478 g/mol. The standard InChI is InChI=1S/C27H31FN4O3/c1-3-5-25(32-27(34)30-17-20-7-11-23(28)12-8-20)26(33)31-19(2)22-9-13-24(14-10-22)35-18-21-6-4-15-29-16-21/h4,6-16,19,25H,3,5,17-18H2,1-2H3,(H,31,33)(H2,30,32,34). The van der Waals surface area contributed by atoms with Crippen LogP contribution in [0.15, 0.2) is 73.1 Å². The van der Waals surface area contributed by atoms with Crippen molar-refractivity contribution in [3.05, 3.63) is 95.6 Å². The first-order valence-corrected chi connectivity index (χ1v) is 11.7. The maximum atomic E-state index is 13.0. The van der Waals surface area contributed by atoms with Crippen LogP contribution in [0.2, 0.25) is 0 Å². The molecule has 1 aromatic heterocycles. The Morgan fingerprint density at radius 1 is 1.00 bits per heavy atom. The number of nitrogens with zero attached hydrogens (tertiary/aromatic N) is 1. The highest BCUT2D eigenvalue weighted by Gasteiger charge is 2.21. The second kappa shape index (κ2) is 13.1. The predicted octanol–water partition coefficient (Wildman–Crippen LogP) is 4.65. The summed E-state index contributed by atoms with van der Waals surface area (Å²) in [6.45, 7) is 4.50. The van der Waals surface area contributed by atoms with E-state index in [2.05, 4.69) is 20.9 Å². The molecule has 35 heavy (non-hydrogen) atoms. The Kier molecular flexibility index (Phi) is 9.59. The van der Waals surface area contributed by atoms with Gasteiger partial charge in [0, 0.05) is 24.5 Å². The van der Waals surface area contributed by atoms with Crippen LogP contribution in [0, 0.1) is 5.82 Å². The third-order valence-electron chi connectivity index (χ3n) is 5.43. The van der Waals surface area contributed by atoms with Crippen LogP contribution in [0.4, 0.5) is 9.18 Å². The molecule has 184 valence electrons. The summed E-state index contributed by atoms with van der Waals surface area (Å²) in [6.07, 6.45) is 4.71. The fourth-order valence-electron chi connectivity index (χ4n) is 3.45. The van der Waals surface area contributed by atoms with Crippen molar-refractivity contribution in [3.8, 4) is 5.75 Å². The van der Waals surface area contributed by atoms with Crippen LogP contribution >= 0.6 is 0 Å². The van der Waals surface area contributed by atoms with Gasteiger partial charge in [-0.1, -0.05) is 43.7 Å². The molecule has 3 amide bonds.